The highest BCUT2D eigenvalue weighted by Crippen LogP contribution is 2.27. The van der Waals surface area contributed by atoms with Crippen LogP contribution in [0.25, 0.3) is 11.3 Å². The zero-order chi connectivity index (χ0) is 17.8. The first-order valence-corrected chi connectivity index (χ1v) is 9.00. The molecule has 0 fully saturated rings. The number of aromatic nitrogens is 1. The topological polar surface area (TPSA) is 51.2 Å². The van der Waals surface area contributed by atoms with Crippen LogP contribution in [0.5, 0.6) is 5.75 Å². The third-order valence-corrected chi connectivity index (χ3v) is 4.39. The second kappa shape index (κ2) is 7.49. The van der Waals surface area contributed by atoms with Gasteiger partial charge in [-0.25, -0.2) is 4.98 Å². The first-order valence-electron chi connectivity index (χ1n) is 8.12. The van der Waals surface area contributed by atoms with Crippen molar-refractivity contribution in [1.29, 1.82) is 0 Å². The van der Waals surface area contributed by atoms with E-state index in [4.69, 9.17) is 4.74 Å². The van der Waals surface area contributed by atoms with Crippen molar-refractivity contribution in [2.45, 2.75) is 26.9 Å². The minimum Gasteiger partial charge on any atom is -0.491 e. The molecule has 1 heterocycles. The SMILES string of the molecule is Cc1ccccc1C(=O)Nc1nc(-c2ccc(OC(C)C)cc2)cs1. The summed E-state index contributed by atoms with van der Waals surface area (Å²) in [7, 11) is 0. The predicted molar refractivity (Wildman–Crippen MR) is 102 cm³/mol. The van der Waals surface area contributed by atoms with Gasteiger partial charge in [-0.15, -0.1) is 11.3 Å². The molecule has 0 aliphatic heterocycles. The van der Waals surface area contributed by atoms with Crippen molar-refractivity contribution in [3.8, 4) is 17.0 Å². The van der Waals surface area contributed by atoms with Gasteiger partial charge in [0.1, 0.15) is 5.75 Å². The van der Waals surface area contributed by atoms with Crippen LogP contribution in [0.15, 0.2) is 53.9 Å². The summed E-state index contributed by atoms with van der Waals surface area (Å²) in [5, 5.41) is 5.40. The fourth-order valence-corrected chi connectivity index (χ4v) is 3.15. The number of nitrogens with zero attached hydrogens (tertiary/aromatic N) is 1. The van der Waals surface area contributed by atoms with Crippen molar-refractivity contribution < 1.29 is 9.53 Å². The molecule has 0 saturated heterocycles. The Balaban J connectivity index is 1.72. The maximum Gasteiger partial charge on any atom is 0.257 e. The molecule has 0 unspecified atom stereocenters. The molecule has 0 spiro atoms. The smallest absolute Gasteiger partial charge is 0.257 e. The summed E-state index contributed by atoms with van der Waals surface area (Å²) in [6, 6.07) is 15.3. The molecule has 2 aromatic carbocycles. The zero-order valence-electron chi connectivity index (χ0n) is 14.4. The maximum absolute atomic E-state index is 12.4. The van der Waals surface area contributed by atoms with Crippen molar-refractivity contribution in [2.75, 3.05) is 5.32 Å². The molecule has 3 rings (SSSR count). The van der Waals surface area contributed by atoms with Gasteiger partial charge in [-0.1, -0.05) is 18.2 Å². The lowest BCUT2D eigenvalue weighted by Crippen LogP contribution is -2.12. The molecule has 0 aliphatic carbocycles. The van der Waals surface area contributed by atoms with Crippen LogP contribution in [0.4, 0.5) is 5.13 Å². The van der Waals surface area contributed by atoms with Gasteiger partial charge in [-0.05, 0) is 56.7 Å². The summed E-state index contributed by atoms with van der Waals surface area (Å²) >= 11 is 1.41. The molecule has 4 nitrogen and oxygen atoms in total. The second-order valence-electron chi connectivity index (χ2n) is 6.00. The number of amides is 1. The Kier molecular flexibility index (Phi) is 5.14. The summed E-state index contributed by atoms with van der Waals surface area (Å²) in [6.45, 7) is 5.92. The van der Waals surface area contributed by atoms with Crippen molar-refractivity contribution >= 4 is 22.4 Å². The predicted octanol–water partition coefficient (Wildman–Crippen LogP) is 5.16. The third-order valence-electron chi connectivity index (χ3n) is 3.64. The van der Waals surface area contributed by atoms with E-state index in [2.05, 4.69) is 10.3 Å². The summed E-state index contributed by atoms with van der Waals surface area (Å²) in [6.07, 6.45) is 0.147. The van der Waals surface area contributed by atoms with Crippen molar-refractivity contribution in [3.05, 3.63) is 65.0 Å². The zero-order valence-corrected chi connectivity index (χ0v) is 15.3. The van der Waals surface area contributed by atoms with Gasteiger partial charge < -0.3 is 4.74 Å². The second-order valence-corrected chi connectivity index (χ2v) is 6.86. The summed E-state index contributed by atoms with van der Waals surface area (Å²) in [5.41, 5.74) is 3.43. The molecule has 1 aromatic heterocycles. The first-order chi connectivity index (χ1) is 12.0. The molecule has 128 valence electrons. The lowest BCUT2D eigenvalue weighted by Gasteiger charge is -2.09. The fourth-order valence-electron chi connectivity index (χ4n) is 2.43. The van der Waals surface area contributed by atoms with Crippen LogP contribution in [-0.4, -0.2) is 17.0 Å². The van der Waals surface area contributed by atoms with Crippen LogP contribution in [0, 0.1) is 6.92 Å². The average Bonchev–Trinajstić information content (AvgIpc) is 3.04. The van der Waals surface area contributed by atoms with E-state index >= 15 is 0 Å². The molecule has 5 heteroatoms. The highest BCUT2D eigenvalue weighted by molar-refractivity contribution is 7.14. The number of benzene rings is 2. The number of carbonyl (C=O) groups excluding carboxylic acids is 1. The van der Waals surface area contributed by atoms with E-state index in [1.54, 1.807) is 0 Å². The quantitative estimate of drug-likeness (QED) is 0.690. The van der Waals surface area contributed by atoms with Crippen LogP contribution >= 0.6 is 11.3 Å². The number of nitrogens with one attached hydrogen (secondary N) is 1. The van der Waals surface area contributed by atoms with E-state index < -0.39 is 0 Å². The van der Waals surface area contributed by atoms with Gasteiger partial charge >= 0.3 is 0 Å². The van der Waals surface area contributed by atoms with Crippen LogP contribution in [0.1, 0.15) is 29.8 Å². The number of thiazole rings is 1. The highest BCUT2D eigenvalue weighted by Gasteiger charge is 2.11. The molecule has 1 N–H and O–H groups in total. The number of aryl methyl sites for hydroxylation is 1. The molecule has 25 heavy (non-hydrogen) atoms. The van der Waals surface area contributed by atoms with Crippen LogP contribution < -0.4 is 10.1 Å². The Morgan fingerprint density at radius 1 is 1.12 bits per heavy atom. The van der Waals surface area contributed by atoms with E-state index in [1.165, 1.54) is 11.3 Å². The average molecular weight is 352 g/mol. The number of hydrogen-bond acceptors (Lipinski definition) is 4. The van der Waals surface area contributed by atoms with E-state index in [1.807, 2.05) is 74.7 Å². The van der Waals surface area contributed by atoms with Gasteiger partial charge in [0.25, 0.3) is 5.91 Å². The molecule has 0 atom stereocenters. The number of hydrogen-bond donors (Lipinski definition) is 1. The van der Waals surface area contributed by atoms with E-state index in [-0.39, 0.29) is 12.0 Å². The molecule has 3 aromatic rings. The number of rotatable bonds is 5. The monoisotopic (exact) mass is 352 g/mol. The van der Waals surface area contributed by atoms with Gasteiger partial charge in [0.05, 0.1) is 11.8 Å². The standard InChI is InChI=1S/C20H20N2O2S/c1-13(2)24-16-10-8-15(9-11-16)18-12-25-20(21-18)22-19(23)17-7-5-4-6-14(17)3/h4-13H,1-3H3,(H,21,22,23). The van der Waals surface area contributed by atoms with Crippen molar-refractivity contribution in [1.82, 2.24) is 4.98 Å². The largest absolute Gasteiger partial charge is 0.491 e. The van der Waals surface area contributed by atoms with Crippen molar-refractivity contribution in [3.63, 3.8) is 0 Å². The van der Waals surface area contributed by atoms with E-state index in [9.17, 15) is 4.79 Å². The van der Waals surface area contributed by atoms with Crippen molar-refractivity contribution in [2.24, 2.45) is 0 Å². The Morgan fingerprint density at radius 2 is 1.84 bits per heavy atom. The van der Waals surface area contributed by atoms with Crippen LogP contribution in [-0.2, 0) is 0 Å². The summed E-state index contributed by atoms with van der Waals surface area (Å²) in [5.74, 6) is 0.696. The minimum absolute atomic E-state index is 0.139. The fraction of sp³-hybridized carbons (Fsp3) is 0.200. The van der Waals surface area contributed by atoms with E-state index in [0.29, 0.717) is 10.7 Å². The normalized spacial score (nSPS) is 10.7. The molecule has 1 amide bonds. The van der Waals surface area contributed by atoms with E-state index in [0.717, 1.165) is 22.6 Å². The Morgan fingerprint density at radius 3 is 2.52 bits per heavy atom. The first kappa shape index (κ1) is 17.2. The molecule has 0 saturated carbocycles. The van der Waals surface area contributed by atoms with Crippen LogP contribution in [0.2, 0.25) is 0 Å². The number of carbonyl (C=O) groups is 1. The van der Waals surface area contributed by atoms with Gasteiger partial charge in [0.15, 0.2) is 5.13 Å². The molecule has 0 bridgehead atoms. The summed E-state index contributed by atoms with van der Waals surface area (Å²) in [4.78, 5) is 16.9. The van der Waals surface area contributed by atoms with Gasteiger partial charge in [0.2, 0.25) is 0 Å². The lowest BCUT2D eigenvalue weighted by molar-refractivity contribution is 0.102. The maximum atomic E-state index is 12.4. The molecule has 0 aliphatic rings. The van der Waals surface area contributed by atoms with Gasteiger partial charge in [0, 0.05) is 16.5 Å². The summed E-state index contributed by atoms with van der Waals surface area (Å²) < 4.78 is 5.65. The molecular weight excluding hydrogens is 332 g/mol. The number of ether oxygens (including phenoxy) is 1. The molecule has 0 radical (unpaired) electrons. The van der Waals surface area contributed by atoms with Crippen LogP contribution in [0.3, 0.4) is 0 Å². The van der Waals surface area contributed by atoms with Gasteiger partial charge in [-0.2, -0.15) is 0 Å². The Bertz CT molecular complexity index is 869. The minimum atomic E-state index is -0.139. The highest BCUT2D eigenvalue weighted by atomic mass is 32.1. The van der Waals surface area contributed by atoms with Gasteiger partial charge in [-0.3, -0.25) is 10.1 Å². The number of anilines is 1. The lowest BCUT2D eigenvalue weighted by atomic mass is 10.1. The molecular formula is C20H20N2O2S. The third kappa shape index (κ3) is 4.25. The Labute approximate surface area is 151 Å². The Hall–Kier alpha value is -2.66.